The van der Waals surface area contributed by atoms with Crippen molar-refractivity contribution in [2.45, 2.75) is 19.3 Å². The van der Waals surface area contributed by atoms with Gasteiger partial charge in [-0.15, -0.1) is 11.3 Å². The van der Waals surface area contributed by atoms with Gasteiger partial charge in [-0.2, -0.15) is 4.98 Å². The van der Waals surface area contributed by atoms with E-state index in [0.717, 1.165) is 35.3 Å². The van der Waals surface area contributed by atoms with Crippen LogP contribution in [0.3, 0.4) is 0 Å². The molecule has 0 aliphatic rings. The van der Waals surface area contributed by atoms with Crippen LogP contribution in [0.1, 0.15) is 30.7 Å². The smallest absolute Gasteiger partial charge is 0.254 e. The van der Waals surface area contributed by atoms with Crippen LogP contribution in [0.15, 0.2) is 34.2 Å². The predicted octanol–water partition coefficient (Wildman–Crippen LogP) is 5.14. The summed E-state index contributed by atoms with van der Waals surface area (Å²) in [5, 5.41) is 6.57. The first kappa shape index (κ1) is 20.4. The molecule has 0 aliphatic carbocycles. The van der Waals surface area contributed by atoms with Crippen molar-refractivity contribution in [1.82, 2.24) is 10.1 Å². The fourth-order valence-corrected chi connectivity index (χ4v) is 3.73. The first-order valence-corrected chi connectivity index (χ1v) is 10.1. The lowest BCUT2D eigenvalue weighted by Gasteiger charge is -2.11. The number of hydrogen-bond donors (Lipinski definition) is 1. The molecule has 2 N–H and O–H groups in total. The van der Waals surface area contributed by atoms with Gasteiger partial charge in [0.1, 0.15) is 0 Å². The monoisotopic (exact) mass is 419 g/mol. The van der Waals surface area contributed by atoms with E-state index >= 15 is 0 Å². The fraction of sp³-hybridized carbons (Fsp3) is 0.300. The molecule has 2 aromatic heterocycles. The highest BCUT2D eigenvalue weighted by atomic mass is 35.5. The van der Waals surface area contributed by atoms with E-state index in [1.165, 1.54) is 0 Å². The number of rotatable bonds is 9. The molecule has 3 aromatic rings. The Balaban J connectivity index is 1.97. The van der Waals surface area contributed by atoms with Gasteiger partial charge in [0.25, 0.3) is 5.89 Å². The second-order valence-electron chi connectivity index (χ2n) is 6.05. The topological polar surface area (TPSA) is 83.4 Å². The molecular formula is C20H22ClN3O3S. The summed E-state index contributed by atoms with van der Waals surface area (Å²) in [4.78, 5) is 5.53. The maximum atomic E-state index is 6.34. The van der Waals surface area contributed by atoms with Crippen LogP contribution < -0.4 is 15.2 Å². The normalized spacial score (nSPS) is 11.6. The molecule has 0 amide bonds. The van der Waals surface area contributed by atoms with E-state index in [1.54, 1.807) is 25.6 Å². The molecule has 0 bridgehead atoms. The number of halogens is 1. The average molecular weight is 420 g/mol. The second-order valence-corrected chi connectivity index (χ2v) is 7.41. The molecule has 0 fully saturated rings. The molecule has 148 valence electrons. The quantitative estimate of drug-likeness (QED) is 0.483. The van der Waals surface area contributed by atoms with Gasteiger partial charge < -0.3 is 19.7 Å². The third-order valence-corrected chi connectivity index (χ3v) is 5.29. The van der Waals surface area contributed by atoms with Crippen LogP contribution in [-0.2, 0) is 0 Å². The summed E-state index contributed by atoms with van der Waals surface area (Å²) < 4.78 is 16.2. The number of ether oxygens (including phenoxy) is 2. The minimum Gasteiger partial charge on any atom is -0.493 e. The molecule has 6 nitrogen and oxygen atoms in total. The van der Waals surface area contributed by atoms with E-state index in [1.807, 2.05) is 35.7 Å². The van der Waals surface area contributed by atoms with Crippen LogP contribution >= 0.6 is 22.9 Å². The molecule has 3 rings (SSSR count). The number of thiophene rings is 1. The van der Waals surface area contributed by atoms with Gasteiger partial charge in [0, 0.05) is 5.57 Å². The van der Waals surface area contributed by atoms with Gasteiger partial charge in [0.05, 0.1) is 24.1 Å². The molecule has 1 aromatic carbocycles. The summed E-state index contributed by atoms with van der Waals surface area (Å²) >= 11 is 7.91. The molecule has 8 heteroatoms. The average Bonchev–Trinajstić information content (AvgIpc) is 3.38. The number of benzene rings is 1. The highest BCUT2D eigenvalue weighted by Crippen LogP contribution is 2.37. The number of hydrogen-bond acceptors (Lipinski definition) is 7. The number of methoxy groups -OCH3 is 2. The predicted molar refractivity (Wildman–Crippen MR) is 113 cm³/mol. The van der Waals surface area contributed by atoms with Crippen molar-refractivity contribution in [3.63, 3.8) is 0 Å². The third kappa shape index (κ3) is 4.73. The lowest BCUT2D eigenvalue weighted by molar-refractivity contribution is 0.355. The molecule has 0 radical (unpaired) electrons. The SMILES string of the molecule is COc1cc(/C=C(\CCCCN)c2nc(-c3cccs3)no2)cc(Cl)c1OC. The van der Waals surface area contributed by atoms with Crippen LogP contribution in [0.4, 0.5) is 0 Å². The maximum Gasteiger partial charge on any atom is 0.254 e. The van der Waals surface area contributed by atoms with Crippen molar-refractivity contribution in [2.75, 3.05) is 20.8 Å². The van der Waals surface area contributed by atoms with E-state index in [9.17, 15) is 0 Å². The number of nitrogens with two attached hydrogens (primary N) is 1. The summed E-state index contributed by atoms with van der Waals surface area (Å²) in [6.07, 6.45) is 4.57. The van der Waals surface area contributed by atoms with Crippen LogP contribution in [-0.4, -0.2) is 30.9 Å². The summed E-state index contributed by atoms with van der Waals surface area (Å²) in [6, 6.07) is 7.61. The summed E-state index contributed by atoms with van der Waals surface area (Å²) in [5.74, 6) is 2.14. The Hall–Kier alpha value is -2.35. The van der Waals surface area contributed by atoms with Crippen molar-refractivity contribution in [1.29, 1.82) is 0 Å². The summed E-state index contributed by atoms with van der Waals surface area (Å²) in [5.41, 5.74) is 7.43. The molecule has 0 aliphatic heterocycles. The van der Waals surface area contributed by atoms with Gasteiger partial charge in [-0.25, -0.2) is 0 Å². The van der Waals surface area contributed by atoms with Gasteiger partial charge in [-0.05, 0) is 61.0 Å². The van der Waals surface area contributed by atoms with E-state index < -0.39 is 0 Å². The molecule has 2 heterocycles. The summed E-state index contributed by atoms with van der Waals surface area (Å²) in [6.45, 7) is 0.639. The van der Waals surface area contributed by atoms with E-state index in [-0.39, 0.29) is 0 Å². The molecule has 0 atom stereocenters. The Labute approximate surface area is 172 Å². The van der Waals surface area contributed by atoms with Crippen molar-refractivity contribution in [3.8, 4) is 22.2 Å². The number of unbranched alkanes of at least 4 members (excludes halogenated alkanes) is 1. The number of aromatic nitrogens is 2. The van der Waals surface area contributed by atoms with Gasteiger partial charge >= 0.3 is 0 Å². The van der Waals surface area contributed by atoms with Crippen molar-refractivity contribution >= 4 is 34.6 Å². The van der Waals surface area contributed by atoms with Crippen LogP contribution in [0, 0.1) is 0 Å². The Morgan fingerprint density at radius 1 is 1.29 bits per heavy atom. The zero-order valence-electron chi connectivity index (χ0n) is 15.8. The van der Waals surface area contributed by atoms with Crippen molar-refractivity contribution in [3.05, 3.63) is 46.1 Å². The largest absolute Gasteiger partial charge is 0.493 e. The Morgan fingerprint density at radius 2 is 2.14 bits per heavy atom. The third-order valence-electron chi connectivity index (χ3n) is 4.14. The van der Waals surface area contributed by atoms with Crippen molar-refractivity contribution in [2.24, 2.45) is 5.73 Å². The van der Waals surface area contributed by atoms with Gasteiger partial charge in [0.15, 0.2) is 11.5 Å². The van der Waals surface area contributed by atoms with E-state index in [2.05, 4.69) is 10.1 Å². The molecule has 0 saturated heterocycles. The van der Waals surface area contributed by atoms with Crippen molar-refractivity contribution < 1.29 is 14.0 Å². The highest BCUT2D eigenvalue weighted by Gasteiger charge is 2.15. The molecular weight excluding hydrogens is 398 g/mol. The highest BCUT2D eigenvalue weighted by molar-refractivity contribution is 7.13. The van der Waals surface area contributed by atoms with Gasteiger partial charge in [-0.3, -0.25) is 0 Å². The van der Waals surface area contributed by atoms with Gasteiger partial charge in [-0.1, -0.05) is 22.8 Å². The zero-order chi connectivity index (χ0) is 19.9. The van der Waals surface area contributed by atoms with E-state index in [0.29, 0.717) is 34.8 Å². The minimum absolute atomic E-state index is 0.471. The fourth-order valence-electron chi connectivity index (χ4n) is 2.78. The first-order chi connectivity index (χ1) is 13.7. The van der Waals surface area contributed by atoms with Crippen LogP contribution in [0.2, 0.25) is 5.02 Å². The number of allylic oxidation sites excluding steroid dienone is 1. The maximum absolute atomic E-state index is 6.34. The Kier molecular flexibility index (Phi) is 7.08. The number of nitrogens with zero attached hydrogens (tertiary/aromatic N) is 2. The van der Waals surface area contributed by atoms with E-state index in [4.69, 9.17) is 31.3 Å². The zero-order valence-corrected chi connectivity index (χ0v) is 17.3. The molecule has 28 heavy (non-hydrogen) atoms. The molecule has 0 saturated carbocycles. The van der Waals surface area contributed by atoms with Crippen LogP contribution in [0.25, 0.3) is 22.4 Å². The van der Waals surface area contributed by atoms with Gasteiger partial charge in [0.2, 0.25) is 5.82 Å². The molecule has 0 spiro atoms. The Morgan fingerprint density at radius 3 is 2.82 bits per heavy atom. The van der Waals surface area contributed by atoms with Crippen LogP contribution in [0.5, 0.6) is 11.5 Å². The Bertz CT molecular complexity index is 938. The standard InChI is InChI=1S/C20H22ClN3O3S/c1-25-16-12-13(11-15(21)18(16)26-2)10-14(6-3-4-8-22)20-23-19(24-27-20)17-7-5-9-28-17/h5,7,9-12H,3-4,6,8,22H2,1-2H3/b14-10+. The first-order valence-electron chi connectivity index (χ1n) is 8.86. The summed E-state index contributed by atoms with van der Waals surface area (Å²) in [7, 11) is 3.14. The second kappa shape index (κ2) is 9.73. The lowest BCUT2D eigenvalue weighted by Crippen LogP contribution is -1.98. The minimum atomic E-state index is 0.471. The molecule has 0 unspecified atom stereocenters. The lowest BCUT2D eigenvalue weighted by atomic mass is 10.0.